The van der Waals surface area contributed by atoms with E-state index >= 15 is 0 Å². The summed E-state index contributed by atoms with van der Waals surface area (Å²) < 4.78 is 30.9. The van der Waals surface area contributed by atoms with Gasteiger partial charge in [0.1, 0.15) is 11.8 Å². The van der Waals surface area contributed by atoms with Gasteiger partial charge in [0.15, 0.2) is 0 Å². The van der Waals surface area contributed by atoms with E-state index in [-0.39, 0.29) is 11.3 Å². The molecule has 0 saturated heterocycles. The van der Waals surface area contributed by atoms with Crippen molar-refractivity contribution in [3.63, 3.8) is 0 Å². The zero-order valence-electron chi connectivity index (χ0n) is 17.1. The number of rotatable bonds is 7. The van der Waals surface area contributed by atoms with E-state index in [1.807, 2.05) is 13.8 Å². The average Bonchev–Trinajstić information content (AvgIpc) is 2.43. The van der Waals surface area contributed by atoms with E-state index < -0.39 is 21.6 Å². The van der Waals surface area contributed by atoms with E-state index in [0.29, 0.717) is 11.4 Å². The van der Waals surface area contributed by atoms with Gasteiger partial charge in [-0.15, -0.1) is 0 Å². The van der Waals surface area contributed by atoms with Gasteiger partial charge in [-0.25, -0.2) is 8.42 Å². The number of carbonyl (C=O) groups is 1. The number of nitrogens with zero attached hydrogens (tertiary/aromatic N) is 1. The summed E-state index contributed by atoms with van der Waals surface area (Å²) in [6.45, 7) is 11.8. The van der Waals surface area contributed by atoms with Crippen LogP contribution in [0.15, 0.2) is 24.3 Å². The molecule has 1 rings (SSSR count). The van der Waals surface area contributed by atoms with Crippen molar-refractivity contribution in [3.05, 3.63) is 24.3 Å². The molecule has 0 unspecified atom stereocenters. The molecule has 1 amide bonds. The number of sulfonamides is 1. The summed E-state index contributed by atoms with van der Waals surface area (Å²) in [4.78, 5) is 12.8. The molecule has 0 aliphatic rings. The lowest BCUT2D eigenvalue weighted by Crippen LogP contribution is -2.54. The van der Waals surface area contributed by atoms with Crippen LogP contribution >= 0.6 is 0 Å². The van der Waals surface area contributed by atoms with Gasteiger partial charge in [-0.2, -0.15) is 0 Å². The second kappa shape index (κ2) is 7.86. The third kappa shape index (κ3) is 6.52. The molecule has 0 fully saturated rings. The molecular formula is C19H32N2O4S. The zero-order chi connectivity index (χ0) is 20.3. The van der Waals surface area contributed by atoms with E-state index in [1.54, 1.807) is 31.2 Å². The Morgan fingerprint density at radius 2 is 1.65 bits per heavy atom. The van der Waals surface area contributed by atoms with Crippen LogP contribution < -0.4 is 14.4 Å². The summed E-state index contributed by atoms with van der Waals surface area (Å²) in [5, 5.41) is 2.99. The number of benzene rings is 1. The number of nitrogens with one attached hydrogen (secondary N) is 1. The first-order valence-corrected chi connectivity index (χ1v) is 10.5. The van der Waals surface area contributed by atoms with E-state index in [9.17, 15) is 13.2 Å². The smallest absolute Gasteiger partial charge is 0.244 e. The molecule has 1 aromatic rings. The number of ether oxygens (including phenoxy) is 1. The Balaban J connectivity index is 3.09. The fraction of sp³-hybridized carbons (Fsp3) is 0.632. The highest BCUT2D eigenvalue weighted by Crippen LogP contribution is 2.28. The number of anilines is 1. The molecule has 0 aliphatic carbocycles. The van der Waals surface area contributed by atoms with Crippen molar-refractivity contribution in [3.8, 4) is 5.75 Å². The molecule has 148 valence electrons. The van der Waals surface area contributed by atoms with Crippen LogP contribution in [0.4, 0.5) is 5.69 Å². The minimum atomic E-state index is -3.64. The Kier molecular flexibility index (Phi) is 6.74. The highest BCUT2D eigenvalue weighted by Gasteiger charge is 2.33. The molecular weight excluding hydrogens is 352 g/mol. The maximum Gasteiger partial charge on any atom is 0.244 e. The van der Waals surface area contributed by atoms with Gasteiger partial charge >= 0.3 is 0 Å². The molecule has 0 aromatic heterocycles. The van der Waals surface area contributed by atoms with Crippen LogP contribution in [-0.4, -0.2) is 39.3 Å². The molecule has 0 spiro atoms. The van der Waals surface area contributed by atoms with E-state index in [1.165, 1.54) is 7.11 Å². The molecule has 0 heterocycles. The summed E-state index contributed by atoms with van der Waals surface area (Å²) in [6, 6.07) is 5.72. The fourth-order valence-electron chi connectivity index (χ4n) is 3.35. The van der Waals surface area contributed by atoms with Crippen LogP contribution in [0, 0.1) is 5.41 Å². The minimum Gasteiger partial charge on any atom is -0.497 e. The number of hydrogen-bond acceptors (Lipinski definition) is 4. The Morgan fingerprint density at radius 3 is 2.04 bits per heavy atom. The van der Waals surface area contributed by atoms with E-state index in [4.69, 9.17) is 4.74 Å². The molecule has 0 radical (unpaired) electrons. The highest BCUT2D eigenvalue weighted by atomic mass is 32.2. The predicted octanol–water partition coefficient (Wildman–Crippen LogP) is 3.18. The van der Waals surface area contributed by atoms with Gasteiger partial charge in [0.2, 0.25) is 15.9 Å². The van der Waals surface area contributed by atoms with E-state index in [2.05, 4.69) is 26.1 Å². The van der Waals surface area contributed by atoms with Gasteiger partial charge in [0.05, 0.1) is 19.1 Å². The maximum absolute atomic E-state index is 12.8. The van der Waals surface area contributed by atoms with Crippen LogP contribution in [0.1, 0.15) is 48.0 Å². The Labute approximate surface area is 158 Å². The van der Waals surface area contributed by atoms with E-state index in [0.717, 1.165) is 17.0 Å². The molecule has 7 heteroatoms. The van der Waals surface area contributed by atoms with Gasteiger partial charge in [-0.05, 0) is 56.9 Å². The predicted molar refractivity (Wildman–Crippen MR) is 106 cm³/mol. The first-order chi connectivity index (χ1) is 11.7. The van der Waals surface area contributed by atoms with Crippen LogP contribution in [0.5, 0.6) is 5.75 Å². The van der Waals surface area contributed by atoms with Gasteiger partial charge < -0.3 is 10.1 Å². The van der Waals surface area contributed by atoms with Crippen LogP contribution in [0.25, 0.3) is 0 Å². The summed E-state index contributed by atoms with van der Waals surface area (Å²) in [7, 11) is -2.10. The number of amides is 1. The highest BCUT2D eigenvalue weighted by molar-refractivity contribution is 7.92. The van der Waals surface area contributed by atoms with Crippen molar-refractivity contribution < 1.29 is 17.9 Å². The standard InChI is InChI=1S/C19H32N2O4S/c1-14(17(22)20-19(5,6)13-18(2,3)4)21(26(8,23)24)15-9-11-16(25-7)12-10-15/h9-12,14H,13H2,1-8H3,(H,20,22)/t14-/m1/s1. The SMILES string of the molecule is COc1ccc(N([C@H](C)C(=O)NC(C)(C)CC(C)(C)C)S(C)(=O)=O)cc1. The molecule has 1 atom stereocenters. The van der Waals surface area contributed by atoms with Crippen molar-refractivity contribution in [1.29, 1.82) is 0 Å². The largest absolute Gasteiger partial charge is 0.497 e. The Morgan fingerprint density at radius 1 is 1.15 bits per heavy atom. The molecule has 6 nitrogen and oxygen atoms in total. The topological polar surface area (TPSA) is 75.7 Å². The summed E-state index contributed by atoms with van der Waals surface area (Å²) in [5.41, 5.74) is 0.00344. The van der Waals surface area contributed by atoms with Gasteiger partial charge in [0.25, 0.3) is 0 Å². The third-order valence-electron chi connectivity index (χ3n) is 3.85. The minimum absolute atomic E-state index is 0.0342. The van der Waals surface area contributed by atoms with Gasteiger partial charge in [-0.3, -0.25) is 9.10 Å². The summed E-state index contributed by atoms with van der Waals surface area (Å²) >= 11 is 0. The molecule has 1 N–H and O–H groups in total. The van der Waals surface area contributed by atoms with Crippen molar-refractivity contribution >= 4 is 21.6 Å². The lowest BCUT2D eigenvalue weighted by molar-refractivity contribution is -0.123. The Bertz CT molecular complexity index is 719. The Hall–Kier alpha value is -1.76. The molecule has 0 bridgehead atoms. The van der Waals surface area contributed by atoms with Crippen molar-refractivity contribution in [1.82, 2.24) is 5.32 Å². The van der Waals surface area contributed by atoms with Crippen molar-refractivity contribution in [2.75, 3.05) is 17.7 Å². The summed E-state index contributed by atoms with van der Waals surface area (Å²) in [6.07, 6.45) is 1.86. The molecule has 0 aliphatic heterocycles. The normalized spacial score (nSPS) is 13.8. The molecule has 26 heavy (non-hydrogen) atoms. The van der Waals surface area contributed by atoms with Crippen molar-refractivity contribution in [2.45, 2.75) is 59.5 Å². The molecule has 0 saturated carbocycles. The van der Waals surface area contributed by atoms with Gasteiger partial charge in [-0.1, -0.05) is 20.8 Å². The maximum atomic E-state index is 12.8. The van der Waals surface area contributed by atoms with Crippen LogP contribution in [0.3, 0.4) is 0 Å². The van der Waals surface area contributed by atoms with Crippen LogP contribution in [-0.2, 0) is 14.8 Å². The fourth-order valence-corrected chi connectivity index (χ4v) is 4.52. The second-order valence-electron chi connectivity index (χ2n) is 8.54. The summed E-state index contributed by atoms with van der Waals surface area (Å²) in [5.74, 6) is 0.283. The quantitative estimate of drug-likeness (QED) is 0.783. The van der Waals surface area contributed by atoms with Crippen LogP contribution in [0.2, 0.25) is 0 Å². The number of hydrogen-bond donors (Lipinski definition) is 1. The average molecular weight is 385 g/mol. The lowest BCUT2D eigenvalue weighted by Gasteiger charge is -2.36. The second-order valence-corrected chi connectivity index (χ2v) is 10.4. The number of carbonyl (C=O) groups excluding carboxylic acids is 1. The van der Waals surface area contributed by atoms with Crippen molar-refractivity contribution in [2.24, 2.45) is 5.41 Å². The zero-order valence-corrected chi connectivity index (χ0v) is 17.9. The number of methoxy groups -OCH3 is 1. The molecule has 1 aromatic carbocycles. The lowest BCUT2D eigenvalue weighted by atomic mass is 9.81. The third-order valence-corrected chi connectivity index (χ3v) is 5.09. The van der Waals surface area contributed by atoms with Gasteiger partial charge in [0, 0.05) is 5.54 Å². The monoisotopic (exact) mass is 384 g/mol. The first-order valence-electron chi connectivity index (χ1n) is 8.62. The first kappa shape index (κ1) is 22.3.